The van der Waals surface area contributed by atoms with Crippen LogP contribution in [0.2, 0.25) is 0 Å². The van der Waals surface area contributed by atoms with E-state index in [-0.39, 0.29) is 5.56 Å². The summed E-state index contributed by atoms with van der Waals surface area (Å²) in [6, 6.07) is 3.25. The third-order valence-corrected chi connectivity index (χ3v) is 1.75. The van der Waals surface area contributed by atoms with Crippen LogP contribution in [0, 0.1) is 17.1 Å². The molecule has 0 fully saturated rings. The largest absolute Gasteiger partial charge is 0.434 e. The fourth-order valence-electron chi connectivity index (χ4n) is 1.18. The van der Waals surface area contributed by atoms with E-state index in [0.717, 1.165) is 19.1 Å². The van der Waals surface area contributed by atoms with Crippen LogP contribution >= 0.6 is 0 Å². The Morgan fingerprint density at radius 1 is 1.50 bits per heavy atom. The lowest BCUT2D eigenvalue weighted by molar-refractivity contribution is -0.0503. The number of ether oxygens (including phenoxy) is 1. The quantitative estimate of drug-likeness (QED) is 0.748. The molecule has 0 saturated heterocycles. The van der Waals surface area contributed by atoms with Gasteiger partial charge in [0.1, 0.15) is 11.6 Å². The van der Waals surface area contributed by atoms with Crippen molar-refractivity contribution in [3.8, 4) is 11.8 Å². The highest BCUT2D eigenvalue weighted by molar-refractivity contribution is 5.97. The summed E-state index contributed by atoms with van der Waals surface area (Å²) in [7, 11) is 0. The van der Waals surface area contributed by atoms with E-state index >= 15 is 0 Å². The highest BCUT2D eigenvalue weighted by atomic mass is 19.3. The number of nitriles is 1. The number of ketones is 1. The summed E-state index contributed by atoms with van der Waals surface area (Å²) in [5.74, 6) is -2.43. The first-order valence-electron chi connectivity index (χ1n) is 4.15. The molecule has 3 nitrogen and oxygen atoms in total. The van der Waals surface area contributed by atoms with Gasteiger partial charge in [-0.2, -0.15) is 14.0 Å². The van der Waals surface area contributed by atoms with Gasteiger partial charge < -0.3 is 4.74 Å². The van der Waals surface area contributed by atoms with Crippen LogP contribution in [0.5, 0.6) is 5.75 Å². The van der Waals surface area contributed by atoms with Crippen molar-refractivity contribution in [2.45, 2.75) is 13.5 Å². The van der Waals surface area contributed by atoms with Gasteiger partial charge in [-0.3, -0.25) is 4.79 Å². The van der Waals surface area contributed by atoms with Crippen molar-refractivity contribution in [3.63, 3.8) is 0 Å². The number of hydrogen-bond acceptors (Lipinski definition) is 3. The Bertz CT molecular complexity index is 466. The lowest BCUT2D eigenvalue weighted by atomic mass is 10.1. The zero-order valence-corrected chi connectivity index (χ0v) is 8.13. The number of halogens is 3. The third kappa shape index (κ3) is 2.51. The maximum atomic E-state index is 13.3. The van der Waals surface area contributed by atoms with Gasteiger partial charge in [0.2, 0.25) is 0 Å². The predicted octanol–water partition coefficient (Wildman–Crippen LogP) is 2.50. The molecule has 0 bridgehead atoms. The lowest BCUT2D eigenvalue weighted by Crippen LogP contribution is -2.08. The van der Waals surface area contributed by atoms with Crippen LogP contribution < -0.4 is 4.74 Å². The molecule has 0 saturated carbocycles. The van der Waals surface area contributed by atoms with Gasteiger partial charge in [-0.1, -0.05) is 0 Å². The van der Waals surface area contributed by atoms with Crippen molar-refractivity contribution >= 4 is 5.78 Å². The SMILES string of the molecule is CC(=O)c1c(F)cc(C#N)cc1OC(F)F. The molecule has 6 heteroatoms. The van der Waals surface area contributed by atoms with Gasteiger partial charge >= 0.3 is 6.61 Å². The maximum Gasteiger partial charge on any atom is 0.387 e. The number of carbonyl (C=O) groups is 1. The van der Waals surface area contributed by atoms with Gasteiger partial charge in [0.15, 0.2) is 5.78 Å². The van der Waals surface area contributed by atoms with Gasteiger partial charge in [-0.15, -0.1) is 0 Å². The summed E-state index contributed by atoms with van der Waals surface area (Å²) >= 11 is 0. The predicted molar refractivity (Wildman–Crippen MR) is 47.8 cm³/mol. The van der Waals surface area contributed by atoms with Crippen LogP contribution in [-0.4, -0.2) is 12.4 Å². The average Bonchev–Trinajstić information content (AvgIpc) is 2.14. The zero-order valence-electron chi connectivity index (χ0n) is 8.13. The highest BCUT2D eigenvalue weighted by Crippen LogP contribution is 2.25. The molecule has 0 amide bonds. The second-order valence-electron chi connectivity index (χ2n) is 2.88. The molecule has 0 aromatic heterocycles. The van der Waals surface area contributed by atoms with Crippen molar-refractivity contribution in [2.75, 3.05) is 0 Å². The van der Waals surface area contributed by atoms with Gasteiger partial charge in [0.25, 0.3) is 0 Å². The smallest absolute Gasteiger partial charge is 0.387 e. The fraction of sp³-hybridized carbons (Fsp3) is 0.200. The molecule has 0 atom stereocenters. The maximum absolute atomic E-state index is 13.3. The Morgan fingerprint density at radius 2 is 2.12 bits per heavy atom. The Hall–Kier alpha value is -2.03. The zero-order chi connectivity index (χ0) is 12.3. The van der Waals surface area contributed by atoms with Gasteiger partial charge in [0, 0.05) is 0 Å². The second-order valence-corrected chi connectivity index (χ2v) is 2.88. The summed E-state index contributed by atoms with van der Waals surface area (Å²) in [5, 5.41) is 8.51. The summed E-state index contributed by atoms with van der Waals surface area (Å²) in [5.41, 5.74) is -0.780. The highest BCUT2D eigenvalue weighted by Gasteiger charge is 2.19. The molecule has 0 aliphatic carbocycles. The number of rotatable bonds is 3. The van der Waals surface area contributed by atoms with Crippen LogP contribution in [0.4, 0.5) is 13.2 Å². The van der Waals surface area contributed by atoms with Crippen LogP contribution in [0.1, 0.15) is 22.8 Å². The van der Waals surface area contributed by atoms with Crippen molar-refractivity contribution in [2.24, 2.45) is 0 Å². The second kappa shape index (κ2) is 4.66. The van der Waals surface area contributed by atoms with E-state index < -0.39 is 29.5 Å². The molecule has 16 heavy (non-hydrogen) atoms. The van der Waals surface area contributed by atoms with E-state index in [1.165, 1.54) is 0 Å². The van der Waals surface area contributed by atoms with Gasteiger partial charge in [-0.05, 0) is 19.1 Å². The van der Waals surface area contributed by atoms with Gasteiger partial charge in [0.05, 0.1) is 17.2 Å². The molecule has 1 aromatic rings. The molecule has 0 aliphatic heterocycles. The molecular formula is C10H6F3NO2. The molecule has 0 spiro atoms. The number of Topliss-reactive ketones (excluding diaryl/α,β-unsaturated/α-hetero) is 1. The van der Waals surface area contributed by atoms with Crippen molar-refractivity contribution in [3.05, 3.63) is 29.1 Å². The molecule has 0 aliphatic rings. The summed E-state index contributed by atoms with van der Waals surface area (Å²) < 4.78 is 41.3. The van der Waals surface area contributed by atoms with Crippen molar-refractivity contribution in [1.82, 2.24) is 0 Å². The molecule has 1 rings (SSSR count). The van der Waals surface area contributed by atoms with Crippen LogP contribution in [0.3, 0.4) is 0 Å². The average molecular weight is 229 g/mol. The summed E-state index contributed by atoms with van der Waals surface area (Å²) in [6.45, 7) is -2.17. The van der Waals surface area contributed by atoms with Crippen LogP contribution in [0.25, 0.3) is 0 Å². The summed E-state index contributed by atoms with van der Waals surface area (Å²) in [6.07, 6.45) is 0. The molecule has 0 unspecified atom stereocenters. The molecule has 84 valence electrons. The van der Waals surface area contributed by atoms with E-state index in [2.05, 4.69) is 4.74 Å². The Morgan fingerprint density at radius 3 is 2.56 bits per heavy atom. The first kappa shape index (κ1) is 12.0. The van der Waals surface area contributed by atoms with Crippen molar-refractivity contribution < 1.29 is 22.7 Å². The first-order valence-corrected chi connectivity index (χ1v) is 4.15. The minimum absolute atomic E-state index is 0.196. The molecular weight excluding hydrogens is 223 g/mol. The van der Waals surface area contributed by atoms with E-state index in [9.17, 15) is 18.0 Å². The normalized spacial score (nSPS) is 10.0. The minimum Gasteiger partial charge on any atom is -0.434 e. The number of benzene rings is 1. The van der Waals surface area contributed by atoms with Crippen LogP contribution in [0.15, 0.2) is 12.1 Å². The minimum atomic E-state index is -3.19. The molecule has 0 N–H and O–H groups in total. The van der Waals surface area contributed by atoms with E-state index in [4.69, 9.17) is 5.26 Å². The van der Waals surface area contributed by atoms with E-state index in [1.54, 1.807) is 6.07 Å². The van der Waals surface area contributed by atoms with E-state index in [0.29, 0.717) is 0 Å². The first-order chi connectivity index (χ1) is 7.45. The van der Waals surface area contributed by atoms with E-state index in [1.807, 2.05) is 0 Å². The third-order valence-electron chi connectivity index (χ3n) is 1.75. The molecule has 0 radical (unpaired) electrons. The number of hydrogen-bond donors (Lipinski definition) is 0. The number of nitrogens with zero attached hydrogens (tertiary/aromatic N) is 1. The Kier molecular flexibility index (Phi) is 3.51. The Labute approximate surface area is 89.1 Å². The monoisotopic (exact) mass is 229 g/mol. The number of alkyl halides is 2. The summed E-state index contributed by atoms with van der Waals surface area (Å²) in [4.78, 5) is 11.0. The lowest BCUT2D eigenvalue weighted by Gasteiger charge is -2.09. The standard InChI is InChI=1S/C10H6F3NO2/c1-5(15)9-7(11)2-6(4-14)3-8(9)16-10(12)13/h2-3,10H,1H3. The number of carbonyl (C=O) groups excluding carboxylic acids is 1. The topological polar surface area (TPSA) is 50.1 Å². The Balaban J connectivity index is 3.35. The van der Waals surface area contributed by atoms with Crippen molar-refractivity contribution in [1.29, 1.82) is 5.26 Å². The van der Waals surface area contributed by atoms with Crippen LogP contribution in [-0.2, 0) is 0 Å². The molecule has 0 heterocycles. The van der Waals surface area contributed by atoms with Gasteiger partial charge in [-0.25, -0.2) is 4.39 Å². The fourth-order valence-corrected chi connectivity index (χ4v) is 1.18. The molecule has 1 aromatic carbocycles.